The summed E-state index contributed by atoms with van der Waals surface area (Å²) in [7, 11) is 0. The summed E-state index contributed by atoms with van der Waals surface area (Å²) in [4.78, 5) is 25.5. The molecule has 0 aliphatic carbocycles. The van der Waals surface area contributed by atoms with Crippen molar-refractivity contribution in [2.45, 2.75) is 58.1 Å². The molecule has 7 heteroatoms. The molecule has 1 N–H and O–H groups in total. The fourth-order valence-corrected chi connectivity index (χ4v) is 4.84. The quantitative estimate of drug-likeness (QED) is 0.405. The van der Waals surface area contributed by atoms with Crippen LogP contribution in [0.4, 0.5) is 8.78 Å². The van der Waals surface area contributed by atoms with Gasteiger partial charge in [0.15, 0.2) is 0 Å². The number of aliphatic carboxylic acids is 1. The topological polar surface area (TPSA) is 66.8 Å². The van der Waals surface area contributed by atoms with Gasteiger partial charge in [-0.3, -0.25) is 9.59 Å². The van der Waals surface area contributed by atoms with E-state index in [1.807, 2.05) is 12.1 Å². The minimum Gasteiger partial charge on any atom is -0.487 e. The highest BCUT2D eigenvalue weighted by atomic mass is 19.1. The van der Waals surface area contributed by atoms with E-state index in [4.69, 9.17) is 4.74 Å². The average Bonchev–Trinajstić information content (AvgIpc) is 3.13. The van der Waals surface area contributed by atoms with E-state index in [1.165, 1.54) is 11.1 Å². The van der Waals surface area contributed by atoms with Crippen LogP contribution in [-0.4, -0.2) is 34.0 Å². The summed E-state index contributed by atoms with van der Waals surface area (Å²) in [5.74, 6) is -1.97. The molecule has 0 saturated carbocycles. The Labute approximate surface area is 215 Å². The second-order valence-corrected chi connectivity index (χ2v) is 10.3. The number of fused-ring (bicyclic) bond motifs is 1. The van der Waals surface area contributed by atoms with Crippen molar-refractivity contribution in [3.05, 3.63) is 100 Å². The number of ether oxygens (including phenoxy) is 1. The monoisotopic (exact) mass is 507 g/mol. The molecule has 0 radical (unpaired) electrons. The Morgan fingerprint density at radius 1 is 0.973 bits per heavy atom. The fraction of sp³-hybridized carbons (Fsp3) is 0.333. The van der Waals surface area contributed by atoms with Crippen molar-refractivity contribution in [1.82, 2.24) is 4.90 Å². The molecule has 0 aromatic heterocycles. The van der Waals surface area contributed by atoms with Crippen LogP contribution in [0.25, 0.3) is 0 Å². The van der Waals surface area contributed by atoms with Gasteiger partial charge < -0.3 is 14.7 Å². The van der Waals surface area contributed by atoms with E-state index < -0.39 is 35.7 Å². The predicted octanol–water partition coefficient (Wildman–Crippen LogP) is 5.68. The van der Waals surface area contributed by atoms with Gasteiger partial charge in [-0.15, -0.1) is 0 Å². The Morgan fingerprint density at radius 2 is 1.62 bits per heavy atom. The van der Waals surface area contributed by atoms with E-state index in [9.17, 15) is 23.5 Å². The van der Waals surface area contributed by atoms with Gasteiger partial charge in [0.05, 0.1) is 6.42 Å². The molecule has 0 saturated heterocycles. The average molecular weight is 508 g/mol. The highest BCUT2D eigenvalue weighted by Crippen LogP contribution is 2.37. The Balaban J connectivity index is 1.45. The van der Waals surface area contributed by atoms with E-state index in [2.05, 4.69) is 45.0 Å². The minimum absolute atomic E-state index is 0.0360. The van der Waals surface area contributed by atoms with E-state index in [1.54, 1.807) is 6.07 Å². The maximum absolute atomic E-state index is 13.6. The number of carbonyl (C=O) groups is 2. The van der Waals surface area contributed by atoms with Gasteiger partial charge in [0.25, 0.3) is 0 Å². The maximum atomic E-state index is 13.6. The van der Waals surface area contributed by atoms with E-state index in [0.29, 0.717) is 12.3 Å². The summed E-state index contributed by atoms with van der Waals surface area (Å²) >= 11 is 0. The third-order valence-electron chi connectivity index (χ3n) is 6.60. The van der Waals surface area contributed by atoms with Crippen LogP contribution in [0.2, 0.25) is 0 Å². The number of carboxylic acid groups (broad SMARTS) is 1. The SMILES string of the molecule is CC(C)c1ccc(C[C@]2(C)Cc3cc(CC(=O)N(CC(=O)O)Cc4cc(F)cc(F)c4)ccc3O2)cc1. The van der Waals surface area contributed by atoms with Crippen molar-refractivity contribution >= 4 is 11.9 Å². The van der Waals surface area contributed by atoms with Gasteiger partial charge in [-0.25, -0.2) is 8.78 Å². The molecule has 0 unspecified atom stereocenters. The lowest BCUT2D eigenvalue weighted by Gasteiger charge is -2.24. The Hall–Kier alpha value is -3.74. The second-order valence-electron chi connectivity index (χ2n) is 10.3. The number of halogens is 2. The number of rotatable bonds is 9. The van der Waals surface area contributed by atoms with Gasteiger partial charge in [-0.05, 0) is 58.9 Å². The number of nitrogens with zero attached hydrogens (tertiary/aromatic N) is 1. The third kappa shape index (κ3) is 6.73. The molecule has 194 valence electrons. The van der Waals surface area contributed by atoms with Crippen LogP contribution in [0.15, 0.2) is 60.7 Å². The van der Waals surface area contributed by atoms with Crippen molar-refractivity contribution in [3.63, 3.8) is 0 Å². The number of hydrogen-bond acceptors (Lipinski definition) is 3. The number of carbonyl (C=O) groups excluding carboxylic acids is 1. The second kappa shape index (κ2) is 10.7. The molecule has 5 nitrogen and oxygen atoms in total. The first-order valence-electron chi connectivity index (χ1n) is 12.3. The van der Waals surface area contributed by atoms with Gasteiger partial charge >= 0.3 is 5.97 Å². The number of carboxylic acids is 1. The van der Waals surface area contributed by atoms with Gasteiger partial charge in [-0.2, -0.15) is 0 Å². The Kier molecular flexibility index (Phi) is 7.62. The van der Waals surface area contributed by atoms with Crippen molar-refractivity contribution in [3.8, 4) is 5.75 Å². The summed E-state index contributed by atoms with van der Waals surface area (Å²) < 4.78 is 33.5. The molecule has 3 aromatic carbocycles. The fourth-order valence-electron chi connectivity index (χ4n) is 4.84. The van der Waals surface area contributed by atoms with Gasteiger partial charge in [0.1, 0.15) is 29.5 Å². The van der Waals surface area contributed by atoms with E-state index in [0.717, 1.165) is 46.4 Å². The van der Waals surface area contributed by atoms with Crippen LogP contribution in [-0.2, 0) is 35.4 Å². The van der Waals surface area contributed by atoms with Crippen LogP contribution in [0.5, 0.6) is 5.75 Å². The number of benzene rings is 3. The lowest BCUT2D eigenvalue weighted by atomic mass is 9.90. The van der Waals surface area contributed by atoms with Crippen LogP contribution in [0.1, 0.15) is 54.5 Å². The van der Waals surface area contributed by atoms with Crippen molar-refractivity contribution in [2.75, 3.05) is 6.54 Å². The number of amides is 1. The zero-order chi connectivity index (χ0) is 26.7. The zero-order valence-corrected chi connectivity index (χ0v) is 21.3. The standard InChI is InChI=1S/C30H31F2NO4/c1-19(2)23-7-4-20(5-8-23)15-30(3)16-24-10-21(6-9-27(24)37-30)13-28(34)33(18-29(35)36)17-22-11-25(31)14-26(32)12-22/h4-12,14,19H,13,15-18H2,1-3H3,(H,35,36)/t30-/m1/s1. The molecule has 1 aliphatic heterocycles. The predicted molar refractivity (Wildman–Crippen MR) is 137 cm³/mol. The molecule has 1 aliphatic rings. The lowest BCUT2D eigenvalue weighted by Crippen LogP contribution is -2.36. The highest BCUT2D eigenvalue weighted by Gasteiger charge is 2.35. The molecule has 0 fully saturated rings. The van der Waals surface area contributed by atoms with E-state index in [-0.39, 0.29) is 18.5 Å². The van der Waals surface area contributed by atoms with Crippen molar-refractivity contribution in [1.29, 1.82) is 0 Å². The van der Waals surface area contributed by atoms with Crippen LogP contribution < -0.4 is 4.74 Å². The van der Waals surface area contributed by atoms with Crippen LogP contribution in [0, 0.1) is 11.6 Å². The zero-order valence-electron chi connectivity index (χ0n) is 21.3. The van der Waals surface area contributed by atoms with Crippen LogP contribution in [0.3, 0.4) is 0 Å². The first kappa shape index (κ1) is 26.3. The molecule has 0 spiro atoms. The Bertz CT molecular complexity index is 1290. The molecule has 0 bridgehead atoms. The lowest BCUT2D eigenvalue weighted by molar-refractivity contribution is -0.144. The largest absolute Gasteiger partial charge is 0.487 e. The molecule has 1 amide bonds. The summed E-state index contributed by atoms with van der Waals surface area (Å²) in [5.41, 5.74) is 3.96. The smallest absolute Gasteiger partial charge is 0.323 e. The van der Waals surface area contributed by atoms with Gasteiger partial charge in [0.2, 0.25) is 5.91 Å². The molecule has 1 atom stereocenters. The summed E-state index contributed by atoms with van der Waals surface area (Å²) in [6.07, 6.45) is 1.38. The summed E-state index contributed by atoms with van der Waals surface area (Å²) in [6.45, 7) is 5.62. The molecular weight excluding hydrogens is 476 g/mol. The highest BCUT2D eigenvalue weighted by molar-refractivity contribution is 5.83. The number of hydrogen-bond donors (Lipinski definition) is 1. The summed E-state index contributed by atoms with van der Waals surface area (Å²) in [5, 5.41) is 9.28. The van der Waals surface area contributed by atoms with Crippen LogP contribution >= 0.6 is 0 Å². The Morgan fingerprint density at radius 3 is 2.24 bits per heavy atom. The van der Waals surface area contributed by atoms with E-state index >= 15 is 0 Å². The molecular formula is C30H31F2NO4. The first-order valence-corrected chi connectivity index (χ1v) is 12.3. The molecule has 1 heterocycles. The molecule has 4 rings (SSSR count). The third-order valence-corrected chi connectivity index (χ3v) is 6.60. The van der Waals surface area contributed by atoms with Crippen molar-refractivity contribution < 1.29 is 28.2 Å². The van der Waals surface area contributed by atoms with Gasteiger partial charge in [-0.1, -0.05) is 50.2 Å². The first-order chi connectivity index (χ1) is 17.5. The minimum atomic E-state index is -1.20. The normalized spacial score (nSPS) is 16.4. The maximum Gasteiger partial charge on any atom is 0.323 e. The summed E-state index contributed by atoms with van der Waals surface area (Å²) in [6, 6.07) is 17.0. The molecule has 3 aromatic rings. The molecule has 37 heavy (non-hydrogen) atoms. The van der Waals surface area contributed by atoms with Gasteiger partial charge in [0, 0.05) is 25.5 Å². The van der Waals surface area contributed by atoms with Crippen molar-refractivity contribution in [2.24, 2.45) is 0 Å².